The second-order valence-corrected chi connectivity index (χ2v) is 11.0. The van der Waals surface area contributed by atoms with E-state index in [0.29, 0.717) is 13.1 Å². The van der Waals surface area contributed by atoms with E-state index in [0.717, 1.165) is 57.8 Å². The first-order chi connectivity index (χ1) is 18.5. The molecule has 4 rings (SSSR count). The fourth-order valence-corrected chi connectivity index (χ4v) is 5.64. The van der Waals surface area contributed by atoms with E-state index in [4.69, 9.17) is 0 Å². The first-order valence-electron chi connectivity index (χ1n) is 12.6. The van der Waals surface area contributed by atoms with Crippen molar-refractivity contribution in [2.45, 2.75) is 51.9 Å². The molecule has 8 nitrogen and oxygen atoms in total. The number of nitrogens with zero attached hydrogens (tertiary/aromatic N) is 4. The third-order valence-corrected chi connectivity index (χ3v) is 8.63. The molecule has 2 aromatic carbocycles. The summed E-state index contributed by atoms with van der Waals surface area (Å²) in [7, 11) is 0. The van der Waals surface area contributed by atoms with Crippen LogP contribution in [0.4, 0.5) is 11.4 Å². The molecule has 0 unspecified atom stereocenters. The number of rotatable bonds is 13. The van der Waals surface area contributed by atoms with Gasteiger partial charge in [0.25, 0.3) is 0 Å². The molecule has 2 aromatic heterocycles. The van der Waals surface area contributed by atoms with Gasteiger partial charge in [-0.15, -0.1) is 0 Å². The number of benzene rings is 2. The molecular formula is C28H32N6O2Pt2. The molecule has 0 saturated carbocycles. The summed E-state index contributed by atoms with van der Waals surface area (Å²) < 4.78 is 10.5. The third kappa shape index (κ3) is 8.34. The van der Waals surface area contributed by atoms with Crippen molar-refractivity contribution in [2.75, 3.05) is 10.6 Å². The van der Waals surface area contributed by atoms with E-state index in [1.807, 2.05) is 94.6 Å². The van der Waals surface area contributed by atoms with E-state index in [9.17, 15) is 9.59 Å². The molecule has 10 heteroatoms. The van der Waals surface area contributed by atoms with Crippen molar-refractivity contribution in [2.24, 2.45) is 0 Å². The van der Waals surface area contributed by atoms with Crippen LogP contribution in [-0.4, -0.2) is 30.1 Å². The number of carbonyl (C=O) groups is 2. The molecule has 0 fully saturated rings. The summed E-state index contributed by atoms with van der Waals surface area (Å²) in [5, 5.41) is 5.87. The monoisotopic (exact) mass is 874 g/mol. The number of carbonyl (C=O) groups excluding carboxylic acids is 2. The van der Waals surface area contributed by atoms with Crippen LogP contribution in [0.3, 0.4) is 0 Å². The van der Waals surface area contributed by atoms with Gasteiger partial charge in [0, 0.05) is 0 Å². The zero-order valence-corrected chi connectivity index (χ0v) is 25.5. The molecule has 0 aliphatic heterocycles. The van der Waals surface area contributed by atoms with Gasteiger partial charge in [-0.05, 0) is 0 Å². The fourth-order valence-electron chi connectivity index (χ4n) is 4.10. The summed E-state index contributed by atoms with van der Waals surface area (Å²) in [5.41, 5.74) is 1.62. The van der Waals surface area contributed by atoms with Crippen LogP contribution in [0.5, 0.6) is 0 Å². The Hall–Kier alpha value is -2.82. The van der Waals surface area contributed by atoms with E-state index in [1.54, 1.807) is 0 Å². The van der Waals surface area contributed by atoms with Gasteiger partial charge >= 0.3 is 245 Å². The molecule has 0 radical (unpaired) electrons. The number of aryl methyl sites for hydroxylation is 2. The van der Waals surface area contributed by atoms with Crippen LogP contribution in [0.1, 0.15) is 25.7 Å². The van der Waals surface area contributed by atoms with E-state index < -0.39 is 0 Å². The van der Waals surface area contributed by atoms with Crippen LogP contribution < -0.4 is 10.6 Å². The Balaban J connectivity index is 1.15. The topological polar surface area (TPSA) is 77.9 Å². The number of unbranched alkanes of at least 4 members (excludes halogenated alkanes) is 3. The summed E-state index contributed by atoms with van der Waals surface area (Å²) in [4.78, 5) is 24.8. The van der Waals surface area contributed by atoms with Crippen LogP contribution in [0, 0.1) is 7.61 Å². The molecule has 0 saturated heterocycles. The molecule has 2 N–H and O–H groups in total. The standard InChI is InChI=1S/C28H32N6O2.2Pt/c35-27(29-25-11-5-3-6-12-25)21-33-19-17-31(23-33)15-9-1-2-10-16-32-18-20-34(24-32)22-28(36)30-26-13-7-4-8-14-26;;/h3-8,11-14,17-20H,1-2,9-10,15-16,21-22H2,(H,29,35)(H,30,36);;. The van der Waals surface area contributed by atoms with Gasteiger partial charge in [0.05, 0.1) is 0 Å². The van der Waals surface area contributed by atoms with E-state index >= 15 is 0 Å². The predicted octanol–water partition coefficient (Wildman–Crippen LogP) is 4.59. The number of para-hydroxylation sites is 2. The molecule has 0 atom stereocenters. The third-order valence-electron chi connectivity index (χ3n) is 6.02. The molecule has 206 valence electrons. The summed E-state index contributed by atoms with van der Waals surface area (Å²) in [6.07, 6.45) is 12.5. The SMILES string of the molecule is O=C(Cn1ccn(CCCCCCn2ccn(CC(=O)Nc3ccccc3)[c]2=[Pt])[c]1=[Pt])Nc1ccccc1. The number of aromatic nitrogens is 4. The van der Waals surface area contributed by atoms with Gasteiger partial charge in [-0.25, -0.2) is 0 Å². The Kier molecular flexibility index (Phi) is 10.7. The van der Waals surface area contributed by atoms with E-state index in [-0.39, 0.29) is 11.8 Å². The first kappa shape index (κ1) is 28.2. The molecule has 0 bridgehead atoms. The zero-order chi connectivity index (χ0) is 26.7. The molecule has 0 aliphatic carbocycles. The van der Waals surface area contributed by atoms with Crippen LogP contribution in [0.25, 0.3) is 0 Å². The number of amides is 2. The van der Waals surface area contributed by atoms with E-state index in [1.165, 1.54) is 0 Å². The van der Waals surface area contributed by atoms with Crippen LogP contribution in [0.2, 0.25) is 0 Å². The summed E-state index contributed by atoms with van der Waals surface area (Å²) in [6, 6.07) is 19.1. The van der Waals surface area contributed by atoms with Crippen molar-refractivity contribution < 1.29 is 48.3 Å². The second kappa shape index (κ2) is 14.4. The Morgan fingerprint density at radius 1 is 0.553 bits per heavy atom. The quantitative estimate of drug-likeness (QED) is 0.193. The van der Waals surface area contributed by atoms with Crippen molar-refractivity contribution in [1.82, 2.24) is 18.3 Å². The van der Waals surface area contributed by atoms with Gasteiger partial charge < -0.3 is 0 Å². The zero-order valence-electron chi connectivity index (χ0n) is 21.0. The van der Waals surface area contributed by atoms with Gasteiger partial charge in [0.1, 0.15) is 0 Å². The molecule has 2 amide bonds. The minimum absolute atomic E-state index is 0.0323. The molecule has 0 spiro atoms. The number of anilines is 2. The molecule has 2 heterocycles. The molecule has 4 aromatic rings. The summed E-state index contributed by atoms with van der Waals surface area (Å²) >= 11 is 4.58. The normalized spacial score (nSPS) is 10.9. The van der Waals surface area contributed by atoms with Crippen molar-refractivity contribution in [3.8, 4) is 0 Å². The average Bonchev–Trinajstić information content (AvgIpc) is 3.43. The number of hydrogen-bond donors (Lipinski definition) is 2. The predicted molar refractivity (Wildman–Crippen MR) is 140 cm³/mol. The Labute approximate surface area is 244 Å². The van der Waals surface area contributed by atoms with Crippen LogP contribution in [0.15, 0.2) is 85.5 Å². The maximum atomic E-state index is 12.4. The Morgan fingerprint density at radius 2 is 0.921 bits per heavy atom. The van der Waals surface area contributed by atoms with Crippen molar-refractivity contribution in [1.29, 1.82) is 0 Å². The van der Waals surface area contributed by atoms with Crippen molar-refractivity contribution in [3.05, 3.63) is 93.1 Å². The van der Waals surface area contributed by atoms with Gasteiger partial charge in [0.2, 0.25) is 0 Å². The molecule has 0 aliphatic rings. The number of hydrogen-bond acceptors (Lipinski definition) is 2. The van der Waals surface area contributed by atoms with Crippen LogP contribution >= 0.6 is 0 Å². The minimum atomic E-state index is -0.0323. The first-order valence-corrected chi connectivity index (χ1v) is 14.9. The van der Waals surface area contributed by atoms with Crippen LogP contribution in [-0.2, 0) is 74.5 Å². The Morgan fingerprint density at radius 3 is 1.32 bits per heavy atom. The average molecular weight is 875 g/mol. The second-order valence-electron chi connectivity index (χ2n) is 8.96. The fraction of sp³-hybridized carbons (Fsp3) is 0.286. The van der Waals surface area contributed by atoms with Gasteiger partial charge in [-0.2, -0.15) is 0 Å². The summed E-state index contributed by atoms with van der Waals surface area (Å²) in [6.45, 7) is 2.46. The van der Waals surface area contributed by atoms with Crippen molar-refractivity contribution in [3.63, 3.8) is 0 Å². The van der Waals surface area contributed by atoms with Gasteiger partial charge in [-0.3, -0.25) is 0 Å². The molecular weight excluding hydrogens is 843 g/mol. The number of imidazole rings is 2. The molecule has 38 heavy (non-hydrogen) atoms. The van der Waals surface area contributed by atoms with Crippen molar-refractivity contribution >= 4 is 23.2 Å². The summed E-state index contributed by atoms with van der Waals surface area (Å²) in [5.74, 6) is -0.0647. The van der Waals surface area contributed by atoms with Gasteiger partial charge in [-0.1, -0.05) is 0 Å². The van der Waals surface area contributed by atoms with Gasteiger partial charge in [0.15, 0.2) is 0 Å². The van der Waals surface area contributed by atoms with E-state index in [2.05, 4.69) is 58.5 Å². The maximum absolute atomic E-state index is 12.4. The Bertz CT molecular complexity index is 1340. The number of nitrogens with one attached hydrogen (secondary N) is 2.